The summed E-state index contributed by atoms with van der Waals surface area (Å²) in [5, 5.41) is 5.43. The van der Waals surface area contributed by atoms with Crippen LogP contribution in [-0.4, -0.2) is 17.6 Å². The zero-order chi connectivity index (χ0) is 15.5. The Morgan fingerprint density at radius 1 is 1.15 bits per heavy atom. The van der Waals surface area contributed by atoms with Crippen LogP contribution >= 0.6 is 23.2 Å². The van der Waals surface area contributed by atoms with Gasteiger partial charge in [0.05, 0.1) is 21.4 Å². The molecule has 7 heteroatoms. The van der Waals surface area contributed by atoms with Crippen molar-refractivity contribution in [2.24, 2.45) is 0 Å². The van der Waals surface area contributed by atoms with Gasteiger partial charge in [-0.1, -0.05) is 23.2 Å². The van der Waals surface area contributed by atoms with E-state index >= 15 is 0 Å². The quantitative estimate of drug-likeness (QED) is 0.854. The van der Waals surface area contributed by atoms with Crippen LogP contribution in [0.2, 0.25) is 10.0 Å². The van der Waals surface area contributed by atoms with E-state index in [1.807, 2.05) is 0 Å². The average molecular weight is 319 g/mol. The minimum Gasteiger partial charge on any atom is -0.444 e. The lowest BCUT2D eigenvalue weighted by Gasteiger charge is -2.20. The molecule has 0 fully saturated rings. The predicted octanol–water partition coefficient (Wildman–Crippen LogP) is 4.30. The minimum atomic E-state index is -0.643. The van der Waals surface area contributed by atoms with Crippen molar-refractivity contribution >= 4 is 46.6 Å². The van der Waals surface area contributed by atoms with Gasteiger partial charge in [0.2, 0.25) is 5.91 Å². The van der Waals surface area contributed by atoms with Crippen LogP contribution in [0.3, 0.4) is 0 Å². The largest absolute Gasteiger partial charge is 0.444 e. The molecule has 20 heavy (non-hydrogen) atoms. The Morgan fingerprint density at radius 2 is 1.75 bits per heavy atom. The topological polar surface area (TPSA) is 67.4 Å². The number of halogens is 2. The van der Waals surface area contributed by atoms with Crippen LogP contribution in [0.25, 0.3) is 0 Å². The molecule has 110 valence electrons. The van der Waals surface area contributed by atoms with Gasteiger partial charge in [0, 0.05) is 6.92 Å². The van der Waals surface area contributed by atoms with Gasteiger partial charge in [0.25, 0.3) is 0 Å². The molecule has 1 aromatic rings. The van der Waals surface area contributed by atoms with Gasteiger partial charge in [-0.25, -0.2) is 4.79 Å². The third-order valence-corrected chi connectivity index (χ3v) is 2.74. The number of carbonyl (C=O) groups is 2. The Labute approximate surface area is 127 Å². The van der Waals surface area contributed by atoms with Gasteiger partial charge < -0.3 is 10.1 Å². The van der Waals surface area contributed by atoms with Crippen LogP contribution in [0.5, 0.6) is 0 Å². The molecule has 0 unspecified atom stereocenters. The molecule has 0 heterocycles. The van der Waals surface area contributed by atoms with Crippen molar-refractivity contribution in [3.8, 4) is 0 Å². The number of hydrogen-bond donors (Lipinski definition) is 2. The number of anilines is 2. The zero-order valence-electron chi connectivity index (χ0n) is 11.6. The lowest BCUT2D eigenvalue weighted by Crippen LogP contribution is -2.27. The molecule has 1 rings (SSSR count). The molecular formula is C13H16Cl2N2O3. The number of amides is 2. The maximum absolute atomic E-state index is 11.7. The zero-order valence-corrected chi connectivity index (χ0v) is 13.1. The fraction of sp³-hybridized carbons (Fsp3) is 0.385. The van der Waals surface area contributed by atoms with E-state index in [0.717, 1.165) is 0 Å². The van der Waals surface area contributed by atoms with Gasteiger partial charge in [-0.3, -0.25) is 10.1 Å². The first-order valence-electron chi connectivity index (χ1n) is 5.86. The molecule has 0 aliphatic rings. The normalized spacial score (nSPS) is 10.9. The summed E-state index contributed by atoms with van der Waals surface area (Å²) in [6, 6.07) is 3.05. The molecule has 0 spiro atoms. The van der Waals surface area contributed by atoms with E-state index in [1.54, 1.807) is 20.8 Å². The Hall–Kier alpha value is -1.46. The second-order valence-corrected chi connectivity index (χ2v) is 5.88. The number of nitrogens with one attached hydrogen (secondary N) is 2. The van der Waals surface area contributed by atoms with Crippen LogP contribution in [0, 0.1) is 0 Å². The van der Waals surface area contributed by atoms with E-state index in [1.165, 1.54) is 19.1 Å². The first-order valence-corrected chi connectivity index (χ1v) is 6.61. The molecule has 0 radical (unpaired) electrons. The van der Waals surface area contributed by atoms with Crippen molar-refractivity contribution < 1.29 is 14.3 Å². The van der Waals surface area contributed by atoms with Gasteiger partial charge >= 0.3 is 6.09 Å². The average Bonchev–Trinajstić information content (AvgIpc) is 2.25. The molecule has 1 aromatic carbocycles. The van der Waals surface area contributed by atoms with Crippen LogP contribution in [-0.2, 0) is 9.53 Å². The number of carbonyl (C=O) groups excluding carboxylic acids is 2. The number of ether oxygens (including phenoxy) is 1. The third kappa shape index (κ3) is 4.90. The summed E-state index contributed by atoms with van der Waals surface area (Å²) in [6.07, 6.45) is -0.643. The predicted molar refractivity (Wildman–Crippen MR) is 80.6 cm³/mol. The van der Waals surface area contributed by atoms with Crippen molar-refractivity contribution in [1.82, 2.24) is 0 Å². The first kappa shape index (κ1) is 16.6. The second-order valence-electron chi connectivity index (χ2n) is 5.09. The standard InChI is InChI=1S/C13H16Cl2N2O3/c1-7(18)16-11-8(14)5-6-9(10(11)15)17-12(19)20-13(2,3)4/h5-6H,1-4H3,(H,16,18)(H,17,19). The summed E-state index contributed by atoms with van der Waals surface area (Å²) in [7, 11) is 0. The summed E-state index contributed by atoms with van der Waals surface area (Å²) >= 11 is 12.0. The second kappa shape index (κ2) is 6.33. The van der Waals surface area contributed by atoms with Crippen molar-refractivity contribution in [3.05, 3.63) is 22.2 Å². The molecule has 5 nitrogen and oxygen atoms in total. The molecule has 0 aliphatic heterocycles. The highest BCUT2D eigenvalue weighted by Crippen LogP contribution is 2.36. The monoisotopic (exact) mass is 318 g/mol. The van der Waals surface area contributed by atoms with Crippen LogP contribution in [0.4, 0.5) is 16.2 Å². The van der Waals surface area contributed by atoms with Gasteiger partial charge in [-0.2, -0.15) is 0 Å². The minimum absolute atomic E-state index is 0.138. The molecule has 0 saturated heterocycles. The van der Waals surface area contributed by atoms with E-state index in [4.69, 9.17) is 27.9 Å². The first-order chi connectivity index (χ1) is 9.10. The highest BCUT2D eigenvalue weighted by molar-refractivity contribution is 6.41. The van der Waals surface area contributed by atoms with Crippen LogP contribution in [0.1, 0.15) is 27.7 Å². The summed E-state index contributed by atoms with van der Waals surface area (Å²) in [6.45, 7) is 6.58. The van der Waals surface area contributed by atoms with E-state index in [2.05, 4.69) is 10.6 Å². The molecule has 0 saturated carbocycles. The van der Waals surface area contributed by atoms with Crippen molar-refractivity contribution in [2.75, 3.05) is 10.6 Å². The van der Waals surface area contributed by atoms with Crippen molar-refractivity contribution in [3.63, 3.8) is 0 Å². The number of benzene rings is 1. The molecular weight excluding hydrogens is 303 g/mol. The molecule has 2 amide bonds. The molecule has 0 bridgehead atoms. The number of hydrogen-bond acceptors (Lipinski definition) is 3. The summed E-state index contributed by atoms with van der Waals surface area (Å²) in [4.78, 5) is 22.8. The van der Waals surface area contributed by atoms with E-state index in [-0.39, 0.29) is 21.6 Å². The summed E-state index contributed by atoms with van der Waals surface area (Å²) in [5.41, 5.74) is -0.0767. The number of rotatable bonds is 2. The summed E-state index contributed by atoms with van der Waals surface area (Å²) in [5.74, 6) is -0.316. The van der Waals surface area contributed by atoms with Crippen LogP contribution < -0.4 is 10.6 Å². The van der Waals surface area contributed by atoms with E-state index in [0.29, 0.717) is 5.69 Å². The Morgan fingerprint density at radius 3 is 2.25 bits per heavy atom. The highest BCUT2D eigenvalue weighted by Gasteiger charge is 2.19. The van der Waals surface area contributed by atoms with E-state index < -0.39 is 11.7 Å². The molecule has 0 aromatic heterocycles. The van der Waals surface area contributed by atoms with Gasteiger partial charge in [0.1, 0.15) is 5.60 Å². The highest BCUT2D eigenvalue weighted by atomic mass is 35.5. The maximum Gasteiger partial charge on any atom is 0.412 e. The lowest BCUT2D eigenvalue weighted by atomic mass is 10.2. The van der Waals surface area contributed by atoms with Crippen LogP contribution in [0.15, 0.2) is 12.1 Å². The van der Waals surface area contributed by atoms with Gasteiger partial charge in [-0.05, 0) is 32.9 Å². The smallest absolute Gasteiger partial charge is 0.412 e. The lowest BCUT2D eigenvalue weighted by molar-refractivity contribution is -0.114. The Balaban J connectivity index is 2.97. The maximum atomic E-state index is 11.7. The fourth-order valence-electron chi connectivity index (χ4n) is 1.35. The third-order valence-electron chi connectivity index (χ3n) is 2.03. The van der Waals surface area contributed by atoms with Gasteiger partial charge in [-0.15, -0.1) is 0 Å². The Bertz CT molecular complexity index is 539. The summed E-state index contributed by atoms with van der Waals surface area (Å²) < 4.78 is 5.12. The van der Waals surface area contributed by atoms with E-state index in [9.17, 15) is 9.59 Å². The van der Waals surface area contributed by atoms with Gasteiger partial charge in [0.15, 0.2) is 0 Å². The molecule has 0 atom stereocenters. The molecule has 2 N–H and O–H groups in total. The van der Waals surface area contributed by atoms with Crippen molar-refractivity contribution in [1.29, 1.82) is 0 Å². The fourth-order valence-corrected chi connectivity index (χ4v) is 1.87. The SMILES string of the molecule is CC(=O)Nc1c(Cl)ccc(NC(=O)OC(C)(C)C)c1Cl. The van der Waals surface area contributed by atoms with Crippen molar-refractivity contribution in [2.45, 2.75) is 33.3 Å². The Kier molecular flexibility index (Phi) is 5.25. The molecule has 0 aliphatic carbocycles.